The lowest BCUT2D eigenvalue weighted by molar-refractivity contribution is 0.157. The first-order chi connectivity index (χ1) is 10.1. The largest absolute Gasteiger partial charge is 0.329 e. The lowest BCUT2D eigenvalue weighted by Gasteiger charge is -2.43. The fourth-order valence-corrected chi connectivity index (χ4v) is 5.96. The monoisotopic (exact) mass is 317 g/mol. The van der Waals surface area contributed by atoms with Crippen LogP contribution in [0.2, 0.25) is 0 Å². The molecule has 5 nitrogen and oxygen atoms in total. The normalized spacial score (nSPS) is 24.3. The van der Waals surface area contributed by atoms with Crippen LogP contribution in [0.15, 0.2) is 0 Å². The Bertz CT molecular complexity index is 411. The summed E-state index contributed by atoms with van der Waals surface area (Å²) in [5, 5.41) is 0. The van der Waals surface area contributed by atoms with Gasteiger partial charge in [0.05, 0.1) is 0 Å². The van der Waals surface area contributed by atoms with Crippen LogP contribution in [-0.2, 0) is 10.2 Å². The Labute approximate surface area is 130 Å². The molecule has 21 heavy (non-hydrogen) atoms. The molecule has 0 amide bonds. The number of hydrogen-bond acceptors (Lipinski definition) is 3. The predicted molar refractivity (Wildman–Crippen MR) is 86.2 cm³/mol. The van der Waals surface area contributed by atoms with Crippen molar-refractivity contribution < 1.29 is 8.42 Å². The van der Waals surface area contributed by atoms with Crippen molar-refractivity contribution in [2.45, 2.75) is 70.3 Å². The van der Waals surface area contributed by atoms with Gasteiger partial charge in [-0.2, -0.15) is 17.0 Å². The van der Waals surface area contributed by atoms with Crippen molar-refractivity contribution in [3.63, 3.8) is 0 Å². The van der Waals surface area contributed by atoms with E-state index in [0.717, 1.165) is 44.9 Å². The Balaban J connectivity index is 2.30. The average molecular weight is 317 g/mol. The standard InChI is InChI=1S/C15H31N3O2S/c1-2-11-18(21(19,20)17-12-7-8-13-17)15(14-16)9-5-3-4-6-10-15/h2-14,16H2,1H3. The number of nitrogens with two attached hydrogens (primary N) is 1. The predicted octanol–water partition coefficient (Wildman–Crippen LogP) is 2.09. The van der Waals surface area contributed by atoms with Gasteiger partial charge in [-0.3, -0.25) is 0 Å². The van der Waals surface area contributed by atoms with Crippen molar-refractivity contribution in [2.24, 2.45) is 5.73 Å². The van der Waals surface area contributed by atoms with Crippen molar-refractivity contribution in [1.29, 1.82) is 0 Å². The van der Waals surface area contributed by atoms with Crippen molar-refractivity contribution in [2.75, 3.05) is 26.2 Å². The van der Waals surface area contributed by atoms with E-state index >= 15 is 0 Å². The zero-order chi connectivity index (χ0) is 15.3. The number of nitrogens with zero attached hydrogens (tertiary/aromatic N) is 2. The van der Waals surface area contributed by atoms with Crippen LogP contribution in [0, 0.1) is 0 Å². The van der Waals surface area contributed by atoms with Gasteiger partial charge in [-0.05, 0) is 32.1 Å². The zero-order valence-electron chi connectivity index (χ0n) is 13.4. The molecule has 1 aliphatic heterocycles. The second kappa shape index (κ2) is 7.40. The highest BCUT2D eigenvalue weighted by atomic mass is 32.2. The summed E-state index contributed by atoms with van der Waals surface area (Å²) in [7, 11) is -3.36. The van der Waals surface area contributed by atoms with Crippen LogP contribution >= 0.6 is 0 Å². The van der Waals surface area contributed by atoms with Crippen LogP contribution in [0.5, 0.6) is 0 Å². The van der Waals surface area contributed by atoms with Gasteiger partial charge < -0.3 is 5.73 Å². The van der Waals surface area contributed by atoms with Crippen molar-refractivity contribution in [3.8, 4) is 0 Å². The van der Waals surface area contributed by atoms with E-state index in [9.17, 15) is 8.42 Å². The Morgan fingerprint density at radius 2 is 1.62 bits per heavy atom. The van der Waals surface area contributed by atoms with Gasteiger partial charge in [-0.25, -0.2) is 0 Å². The van der Waals surface area contributed by atoms with Crippen LogP contribution < -0.4 is 5.73 Å². The quantitative estimate of drug-likeness (QED) is 0.763. The summed E-state index contributed by atoms with van der Waals surface area (Å²) in [6.45, 7) is 4.43. The second-order valence-electron chi connectivity index (χ2n) is 6.53. The van der Waals surface area contributed by atoms with Crippen LogP contribution in [0.25, 0.3) is 0 Å². The van der Waals surface area contributed by atoms with Crippen LogP contribution in [0.4, 0.5) is 0 Å². The van der Waals surface area contributed by atoms with Gasteiger partial charge in [0.1, 0.15) is 0 Å². The fraction of sp³-hybridized carbons (Fsp3) is 1.00. The third kappa shape index (κ3) is 3.60. The van der Waals surface area contributed by atoms with Gasteiger partial charge in [0.15, 0.2) is 0 Å². The molecule has 0 bridgehead atoms. The molecule has 0 aromatic heterocycles. The molecule has 0 atom stereocenters. The summed E-state index contributed by atoms with van der Waals surface area (Å²) in [5.74, 6) is 0. The molecule has 1 heterocycles. The molecule has 0 aromatic rings. The molecule has 1 saturated heterocycles. The van der Waals surface area contributed by atoms with Gasteiger partial charge in [0.25, 0.3) is 10.2 Å². The highest BCUT2D eigenvalue weighted by Gasteiger charge is 2.44. The minimum Gasteiger partial charge on any atom is -0.329 e. The van der Waals surface area contributed by atoms with Crippen LogP contribution in [0.3, 0.4) is 0 Å². The van der Waals surface area contributed by atoms with E-state index in [1.165, 1.54) is 12.8 Å². The lowest BCUT2D eigenvalue weighted by Crippen LogP contribution is -2.59. The molecule has 0 radical (unpaired) electrons. The molecular formula is C15H31N3O2S. The third-order valence-corrected chi connectivity index (χ3v) is 7.18. The molecule has 1 saturated carbocycles. The minimum atomic E-state index is -3.36. The van der Waals surface area contributed by atoms with E-state index in [2.05, 4.69) is 0 Å². The van der Waals surface area contributed by atoms with Gasteiger partial charge in [0, 0.05) is 31.7 Å². The SMILES string of the molecule is CCCN(C1(CN)CCCCCC1)S(=O)(=O)N1CCCC1. The Morgan fingerprint density at radius 1 is 1.05 bits per heavy atom. The fourth-order valence-electron chi connectivity index (χ4n) is 3.80. The van der Waals surface area contributed by atoms with Gasteiger partial charge in [-0.1, -0.05) is 32.6 Å². The summed E-state index contributed by atoms with van der Waals surface area (Å²) in [5.41, 5.74) is 5.76. The average Bonchev–Trinajstić information content (AvgIpc) is 2.92. The zero-order valence-corrected chi connectivity index (χ0v) is 14.2. The second-order valence-corrected chi connectivity index (χ2v) is 8.38. The third-order valence-electron chi connectivity index (χ3n) is 5.04. The number of rotatable bonds is 6. The molecule has 0 unspecified atom stereocenters. The van der Waals surface area contributed by atoms with E-state index in [-0.39, 0.29) is 5.54 Å². The molecule has 124 valence electrons. The number of hydrogen-bond donors (Lipinski definition) is 1. The topological polar surface area (TPSA) is 66.6 Å². The van der Waals surface area contributed by atoms with E-state index in [1.54, 1.807) is 8.61 Å². The molecule has 2 aliphatic rings. The van der Waals surface area contributed by atoms with E-state index < -0.39 is 10.2 Å². The van der Waals surface area contributed by atoms with Crippen LogP contribution in [0.1, 0.15) is 64.7 Å². The molecule has 6 heteroatoms. The first kappa shape index (κ1) is 17.2. The van der Waals surface area contributed by atoms with Crippen molar-refractivity contribution in [3.05, 3.63) is 0 Å². The van der Waals surface area contributed by atoms with Crippen molar-refractivity contribution >= 4 is 10.2 Å². The summed E-state index contributed by atoms with van der Waals surface area (Å²) in [4.78, 5) is 0. The Morgan fingerprint density at radius 3 is 2.10 bits per heavy atom. The van der Waals surface area contributed by atoms with E-state index in [1.807, 2.05) is 6.92 Å². The Kier molecular flexibility index (Phi) is 6.05. The first-order valence-electron chi connectivity index (χ1n) is 8.55. The summed E-state index contributed by atoms with van der Waals surface area (Å²) in [6.07, 6.45) is 9.21. The lowest BCUT2D eigenvalue weighted by atomic mass is 9.90. The summed E-state index contributed by atoms with van der Waals surface area (Å²) >= 11 is 0. The molecule has 2 fully saturated rings. The maximum absolute atomic E-state index is 13.1. The van der Waals surface area contributed by atoms with Gasteiger partial charge >= 0.3 is 0 Å². The molecule has 2 rings (SSSR count). The Hall–Kier alpha value is -0.170. The molecule has 0 aromatic carbocycles. The molecule has 1 aliphatic carbocycles. The maximum atomic E-state index is 13.1. The highest BCUT2D eigenvalue weighted by Crippen LogP contribution is 2.35. The first-order valence-corrected chi connectivity index (χ1v) is 9.94. The minimum absolute atomic E-state index is 0.353. The highest BCUT2D eigenvalue weighted by molar-refractivity contribution is 7.86. The summed E-state index contributed by atoms with van der Waals surface area (Å²) < 4.78 is 29.6. The maximum Gasteiger partial charge on any atom is 0.282 e. The van der Waals surface area contributed by atoms with E-state index in [0.29, 0.717) is 26.2 Å². The van der Waals surface area contributed by atoms with Gasteiger partial charge in [0.2, 0.25) is 0 Å². The smallest absolute Gasteiger partial charge is 0.282 e. The van der Waals surface area contributed by atoms with E-state index in [4.69, 9.17) is 5.73 Å². The molecule has 2 N–H and O–H groups in total. The van der Waals surface area contributed by atoms with Crippen LogP contribution in [-0.4, -0.2) is 48.7 Å². The van der Waals surface area contributed by atoms with Gasteiger partial charge in [-0.15, -0.1) is 0 Å². The van der Waals surface area contributed by atoms with Crippen molar-refractivity contribution in [1.82, 2.24) is 8.61 Å². The molecular weight excluding hydrogens is 286 g/mol. The molecule has 0 spiro atoms. The summed E-state index contributed by atoms with van der Waals surface area (Å²) in [6, 6.07) is 0.